The van der Waals surface area contributed by atoms with Gasteiger partial charge in [0, 0.05) is 25.7 Å². The van der Waals surface area contributed by atoms with Gasteiger partial charge in [0.2, 0.25) is 5.75 Å². The molecule has 0 N–H and O–H groups in total. The molecule has 180 valence electrons. The molecule has 2 aromatic carbocycles. The molecule has 0 saturated carbocycles. The van der Waals surface area contributed by atoms with Crippen LogP contribution in [0, 0.1) is 0 Å². The molecular formula is C26H36N2O5. The van der Waals surface area contributed by atoms with Crippen LogP contribution >= 0.6 is 0 Å². The quantitative estimate of drug-likeness (QED) is 0.536. The summed E-state index contributed by atoms with van der Waals surface area (Å²) in [7, 11) is 7.18. The molecule has 0 amide bonds. The number of hydrogen-bond donors (Lipinski definition) is 0. The second-order valence-corrected chi connectivity index (χ2v) is 8.79. The van der Waals surface area contributed by atoms with E-state index in [2.05, 4.69) is 29.0 Å². The van der Waals surface area contributed by atoms with Crippen molar-refractivity contribution in [2.75, 3.05) is 54.7 Å². The molecule has 1 unspecified atom stereocenters. The Labute approximate surface area is 197 Å². The van der Waals surface area contributed by atoms with E-state index in [0.717, 1.165) is 43.1 Å². The second kappa shape index (κ2) is 11.0. The first kappa shape index (κ1) is 23.5. The van der Waals surface area contributed by atoms with Crippen molar-refractivity contribution in [3.8, 4) is 28.7 Å². The van der Waals surface area contributed by atoms with E-state index in [1.54, 1.807) is 21.3 Å². The fraction of sp³-hybridized carbons (Fsp3) is 0.538. The highest BCUT2D eigenvalue weighted by Gasteiger charge is 2.22. The Bertz CT molecular complexity index is 910. The Morgan fingerprint density at radius 1 is 0.909 bits per heavy atom. The van der Waals surface area contributed by atoms with Crippen LogP contribution in [0.2, 0.25) is 0 Å². The van der Waals surface area contributed by atoms with E-state index in [-0.39, 0.29) is 0 Å². The van der Waals surface area contributed by atoms with Crippen LogP contribution in [0.25, 0.3) is 0 Å². The number of hydrogen-bond acceptors (Lipinski definition) is 7. The molecule has 2 aliphatic heterocycles. The second-order valence-electron chi connectivity index (χ2n) is 8.79. The first-order chi connectivity index (χ1) is 16.1. The maximum absolute atomic E-state index is 5.81. The molecule has 7 nitrogen and oxygen atoms in total. The molecule has 0 aliphatic carbocycles. The summed E-state index contributed by atoms with van der Waals surface area (Å²) in [6.07, 6.45) is 3.71. The Hall–Kier alpha value is -2.64. The van der Waals surface area contributed by atoms with Crippen LogP contribution in [-0.4, -0.2) is 70.5 Å². The van der Waals surface area contributed by atoms with E-state index >= 15 is 0 Å². The molecule has 7 heteroatoms. The van der Waals surface area contributed by atoms with Crippen molar-refractivity contribution < 1.29 is 23.7 Å². The highest BCUT2D eigenvalue weighted by atomic mass is 16.6. The minimum Gasteiger partial charge on any atom is -0.493 e. The first-order valence-corrected chi connectivity index (χ1v) is 11.7. The first-order valence-electron chi connectivity index (χ1n) is 11.7. The van der Waals surface area contributed by atoms with Gasteiger partial charge in [-0.1, -0.05) is 6.07 Å². The molecule has 2 heterocycles. The van der Waals surface area contributed by atoms with Gasteiger partial charge in [-0.05, 0) is 68.2 Å². The lowest BCUT2D eigenvalue weighted by atomic mass is 10.1. The van der Waals surface area contributed by atoms with E-state index in [1.165, 1.54) is 24.9 Å². The number of nitrogens with zero attached hydrogens (tertiary/aromatic N) is 2. The number of methoxy groups -OCH3 is 3. The number of fused-ring (bicyclic) bond motifs is 1. The maximum atomic E-state index is 5.81. The molecule has 4 rings (SSSR count). The number of benzene rings is 2. The molecule has 0 spiro atoms. The average molecular weight is 457 g/mol. The third-order valence-corrected chi connectivity index (χ3v) is 6.59. The van der Waals surface area contributed by atoms with Crippen LogP contribution in [0.15, 0.2) is 30.3 Å². The van der Waals surface area contributed by atoms with Gasteiger partial charge < -0.3 is 28.6 Å². The molecule has 2 aliphatic rings. The van der Waals surface area contributed by atoms with Gasteiger partial charge in [-0.2, -0.15) is 0 Å². The van der Waals surface area contributed by atoms with E-state index in [1.807, 2.05) is 18.2 Å². The molecule has 0 bridgehead atoms. The largest absolute Gasteiger partial charge is 0.493 e. The molecule has 2 aromatic rings. The smallest absolute Gasteiger partial charge is 0.203 e. The summed E-state index contributed by atoms with van der Waals surface area (Å²) in [6, 6.07) is 11.0. The molecule has 33 heavy (non-hydrogen) atoms. The zero-order valence-electron chi connectivity index (χ0n) is 20.3. The summed E-state index contributed by atoms with van der Waals surface area (Å²) in [5.74, 6) is 3.65. The summed E-state index contributed by atoms with van der Waals surface area (Å²) in [6.45, 7) is 5.00. The van der Waals surface area contributed by atoms with Gasteiger partial charge in [0.25, 0.3) is 0 Å². The highest BCUT2D eigenvalue weighted by molar-refractivity contribution is 5.53. The van der Waals surface area contributed by atoms with Crippen LogP contribution in [0.1, 0.15) is 30.4 Å². The van der Waals surface area contributed by atoms with E-state index in [0.29, 0.717) is 36.5 Å². The lowest BCUT2D eigenvalue weighted by molar-refractivity contribution is 0.170. The van der Waals surface area contributed by atoms with Gasteiger partial charge in [-0.3, -0.25) is 4.90 Å². The fourth-order valence-electron chi connectivity index (χ4n) is 4.82. The van der Waals surface area contributed by atoms with Crippen molar-refractivity contribution in [3.63, 3.8) is 0 Å². The lowest BCUT2D eigenvalue weighted by Crippen LogP contribution is -2.31. The van der Waals surface area contributed by atoms with E-state index in [4.69, 9.17) is 23.7 Å². The Morgan fingerprint density at radius 2 is 1.61 bits per heavy atom. The van der Waals surface area contributed by atoms with Crippen molar-refractivity contribution >= 4 is 0 Å². The Morgan fingerprint density at radius 3 is 2.24 bits per heavy atom. The average Bonchev–Trinajstić information content (AvgIpc) is 3.26. The van der Waals surface area contributed by atoms with Gasteiger partial charge in [0.15, 0.2) is 23.0 Å². The van der Waals surface area contributed by atoms with Crippen LogP contribution < -0.4 is 23.7 Å². The Balaban J connectivity index is 1.54. The highest BCUT2D eigenvalue weighted by Crippen LogP contribution is 2.39. The topological polar surface area (TPSA) is 52.6 Å². The van der Waals surface area contributed by atoms with Crippen molar-refractivity contribution in [3.05, 3.63) is 41.5 Å². The molecular weight excluding hydrogens is 420 g/mol. The minimum atomic E-state index is 0.597. The number of likely N-dealkylation sites (tertiary alicyclic amines) is 1. The van der Waals surface area contributed by atoms with E-state index in [9.17, 15) is 0 Å². The maximum Gasteiger partial charge on any atom is 0.203 e. The normalized spacial score (nSPS) is 17.9. The monoisotopic (exact) mass is 456 g/mol. The summed E-state index contributed by atoms with van der Waals surface area (Å²) in [4.78, 5) is 4.97. The van der Waals surface area contributed by atoms with Crippen LogP contribution in [0.4, 0.5) is 0 Å². The van der Waals surface area contributed by atoms with Crippen LogP contribution in [-0.2, 0) is 13.1 Å². The van der Waals surface area contributed by atoms with Crippen molar-refractivity contribution in [2.45, 2.75) is 38.4 Å². The summed E-state index contributed by atoms with van der Waals surface area (Å²) < 4.78 is 28.2. The van der Waals surface area contributed by atoms with E-state index < -0.39 is 0 Å². The zero-order valence-corrected chi connectivity index (χ0v) is 20.3. The van der Waals surface area contributed by atoms with Crippen molar-refractivity contribution in [2.24, 2.45) is 0 Å². The molecule has 0 aromatic heterocycles. The number of ether oxygens (including phenoxy) is 5. The van der Waals surface area contributed by atoms with Crippen molar-refractivity contribution in [1.82, 2.24) is 9.80 Å². The molecule has 1 atom stereocenters. The summed E-state index contributed by atoms with van der Waals surface area (Å²) >= 11 is 0. The number of rotatable bonds is 10. The third-order valence-electron chi connectivity index (χ3n) is 6.59. The van der Waals surface area contributed by atoms with Crippen LogP contribution in [0.3, 0.4) is 0 Å². The fourth-order valence-corrected chi connectivity index (χ4v) is 4.82. The van der Waals surface area contributed by atoms with Gasteiger partial charge in [0.1, 0.15) is 13.2 Å². The SMILES string of the molecule is COc1cc(CN(CCC2CCCN2C)Cc2ccc3c(c2)OCCO3)cc(OC)c1OC. The molecule has 0 radical (unpaired) electrons. The van der Waals surface area contributed by atoms with Gasteiger partial charge in [-0.15, -0.1) is 0 Å². The molecule has 1 saturated heterocycles. The predicted molar refractivity (Wildman–Crippen MR) is 128 cm³/mol. The van der Waals surface area contributed by atoms with Crippen molar-refractivity contribution in [1.29, 1.82) is 0 Å². The minimum absolute atomic E-state index is 0.597. The van der Waals surface area contributed by atoms with Gasteiger partial charge >= 0.3 is 0 Å². The molecule has 1 fully saturated rings. The third kappa shape index (κ3) is 5.65. The standard InChI is InChI=1S/C26H36N2O5/c1-27-10-5-6-21(27)9-11-28(17-19-7-8-22-23(14-19)33-13-12-32-22)18-20-15-24(29-2)26(31-4)25(16-20)30-3/h7-8,14-16,21H,5-6,9-13,17-18H2,1-4H3. The van der Waals surface area contributed by atoms with Gasteiger partial charge in [-0.25, -0.2) is 0 Å². The summed E-state index contributed by atoms with van der Waals surface area (Å²) in [5, 5.41) is 0. The van der Waals surface area contributed by atoms with Gasteiger partial charge in [0.05, 0.1) is 21.3 Å². The predicted octanol–water partition coefficient (Wildman–Crippen LogP) is 3.97. The lowest BCUT2D eigenvalue weighted by Gasteiger charge is -2.27. The summed E-state index contributed by atoms with van der Waals surface area (Å²) in [5.41, 5.74) is 2.34. The van der Waals surface area contributed by atoms with Crippen LogP contribution in [0.5, 0.6) is 28.7 Å². The zero-order chi connectivity index (χ0) is 23.2. The Kier molecular flexibility index (Phi) is 7.83.